The van der Waals surface area contributed by atoms with Crippen LogP contribution in [0.25, 0.3) is 10.9 Å². The average molecular weight is 372 g/mol. The van der Waals surface area contributed by atoms with Gasteiger partial charge in [0.15, 0.2) is 0 Å². The first-order valence-electron chi connectivity index (χ1n) is 7.01. The van der Waals surface area contributed by atoms with Gasteiger partial charge >= 0.3 is 6.18 Å². The van der Waals surface area contributed by atoms with Crippen LogP contribution >= 0.6 is 0 Å². The Morgan fingerprint density at radius 2 is 1.76 bits per heavy atom. The van der Waals surface area contributed by atoms with Gasteiger partial charge in [0.2, 0.25) is 9.84 Å². The van der Waals surface area contributed by atoms with Crippen molar-refractivity contribution in [3.63, 3.8) is 0 Å². The molecule has 3 N–H and O–H groups in total. The summed E-state index contributed by atoms with van der Waals surface area (Å²) in [5.41, 5.74) is 4.06. The number of aromatic amines is 1. The molecule has 0 atom stereocenters. The Morgan fingerprint density at radius 1 is 1.08 bits per heavy atom. The molecule has 1 heterocycles. The van der Waals surface area contributed by atoms with Crippen LogP contribution in [0, 0.1) is 12.7 Å². The first kappa shape index (κ1) is 17.3. The van der Waals surface area contributed by atoms with Crippen molar-refractivity contribution in [2.24, 2.45) is 0 Å². The average Bonchev–Trinajstić information content (AvgIpc) is 2.81. The highest BCUT2D eigenvalue weighted by atomic mass is 32.2. The summed E-state index contributed by atoms with van der Waals surface area (Å²) in [6.07, 6.45) is -4.79. The van der Waals surface area contributed by atoms with E-state index in [-0.39, 0.29) is 16.0 Å². The Balaban J connectivity index is 2.28. The number of hydrogen-bond acceptors (Lipinski definition) is 3. The number of halogens is 4. The molecule has 3 aromatic rings. The van der Waals surface area contributed by atoms with Gasteiger partial charge in [0.25, 0.3) is 0 Å². The van der Waals surface area contributed by atoms with Crippen molar-refractivity contribution in [3.8, 4) is 0 Å². The molecule has 132 valence electrons. The highest BCUT2D eigenvalue weighted by molar-refractivity contribution is 7.91. The standard InChI is InChI=1S/C16H12F4N2O2S/c1-8-15(11-6-9(17)2-5-14(11)22-8)25(23,24)10-3-4-13(21)12(7-10)16(18,19)20/h2-7,22H,21H2,1H3. The fraction of sp³-hybridized carbons (Fsp3) is 0.125. The lowest BCUT2D eigenvalue weighted by molar-refractivity contribution is -0.137. The number of hydrogen-bond donors (Lipinski definition) is 2. The minimum absolute atomic E-state index is 0.0721. The fourth-order valence-electron chi connectivity index (χ4n) is 2.69. The summed E-state index contributed by atoms with van der Waals surface area (Å²) in [7, 11) is -4.32. The van der Waals surface area contributed by atoms with E-state index in [1.807, 2.05) is 0 Å². The van der Waals surface area contributed by atoms with Crippen LogP contribution < -0.4 is 5.73 Å². The van der Waals surface area contributed by atoms with Crippen LogP contribution in [-0.2, 0) is 16.0 Å². The first-order valence-corrected chi connectivity index (χ1v) is 8.50. The third-order valence-electron chi connectivity index (χ3n) is 3.80. The van der Waals surface area contributed by atoms with Crippen LogP contribution in [0.5, 0.6) is 0 Å². The molecule has 1 aromatic heterocycles. The number of anilines is 1. The zero-order chi connectivity index (χ0) is 18.6. The van der Waals surface area contributed by atoms with Crippen molar-refractivity contribution in [3.05, 3.63) is 53.5 Å². The van der Waals surface area contributed by atoms with Gasteiger partial charge in [-0.15, -0.1) is 0 Å². The molecule has 0 fully saturated rings. The summed E-state index contributed by atoms with van der Waals surface area (Å²) in [5, 5.41) is 0.0721. The van der Waals surface area contributed by atoms with Crippen molar-refractivity contribution in [1.82, 2.24) is 4.98 Å². The van der Waals surface area contributed by atoms with Crippen molar-refractivity contribution < 1.29 is 26.0 Å². The Labute approximate surface area is 140 Å². The number of H-pyrrole nitrogens is 1. The van der Waals surface area contributed by atoms with Crippen LogP contribution in [0.1, 0.15) is 11.3 Å². The lowest BCUT2D eigenvalue weighted by Crippen LogP contribution is -2.11. The van der Waals surface area contributed by atoms with E-state index in [4.69, 9.17) is 5.73 Å². The van der Waals surface area contributed by atoms with Crippen LogP contribution in [0.15, 0.2) is 46.2 Å². The SMILES string of the molecule is Cc1[nH]c2ccc(F)cc2c1S(=O)(=O)c1ccc(N)c(C(F)(F)F)c1. The minimum Gasteiger partial charge on any atom is -0.398 e. The number of sulfone groups is 1. The van der Waals surface area contributed by atoms with Gasteiger partial charge in [-0.3, -0.25) is 0 Å². The Morgan fingerprint density at radius 3 is 2.40 bits per heavy atom. The number of nitrogens with two attached hydrogens (primary N) is 1. The van der Waals surface area contributed by atoms with Crippen molar-refractivity contribution >= 4 is 26.4 Å². The van der Waals surface area contributed by atoms with Crippen molar-refractivity contribution in [1.29, 1.82) is 0 Å². The largest absolute Gasteiger partial charge is 0.418 e. The Kier molecular flexibility index (Phi) is 3.79. The Bertz CT molecular complexity index is 1090. The number of alkyl halides is 3. The molecule has 0 radical (unpaired) electrons. The van der Waals surface area contributed by atoms with Gasteiger partial charge in [0, 0.05) is 22.3 Å². The van der Waals surface area contributed by atoms with Crippen LogP contribution in [-0.4, -0.2) is 13.4 Å². The lowest BCUT2D eigenvalue weighted by atomic mass is 10.2. The number of benzene rings is 2. The molecule has 0 aliphatic heterocycles. The predicted molar refractivity (Wildman–Crippen MR) is 84.3 cm³/mol. The highest BCUT2D eigenvalue weighted by Crippen LogP contribution is 2.37. The number of rotatable bonds is 2. The summed E-state index contributed by atoms with van der Waals surface area (Å²) >= 11 is 0. The highest BCUT2D eigenvalue weighted by Gasteiger charge is 2.35. The quantitative estimate of drug-likeness (QED) is 0.526. The second-order valence-corrected chi connectivity index (χ2v) is 7.41. The molecule has 0 unspecified atom stereocenters. The molecule has 9 heteroatoms. The number of aromatic nitrogens is 1. The van der Waals surface area contributed by atoms with E-state index in [0.29, 0.717) is 11.6 Å². The fourth-order valence-corrected chi connectivity index (χ4v) is 4.35. The maximum Gasteiger partial charge on any atom is 0.418 e. The molecule has 25 heavy (non-hydrogen) atoms. The lowest BCUT2D eigenvalue weighted by Gasteiger charge is -2.12. The van der Waals surface area contributed by atoms with E-state index in [1.165, 1.54) is 13.0 Å². The van der Waals surface area contributed by atoms with Crippen LogP contribution in [0.4, 0.5) is 23.2 Å². The van der Waals surface area contributed by atoms with E-state index in [0.717, 1.165) is 24.3 Å². The molecule has 0 aliphatic carbocycles. The maximum atomic E-state index is 13.5. The minimum atomic E-state index is -4.79. The van der Waals surface area contributed by atoms with Gasteiger partial charge in [-0.1, -0.05) is 0 Å². The van der Waals surface area contributed by atoms with E-state index in [2.05, 4.69) is 4.98 Å². The van der Waals surface area contributed by atoms with Gasteiger partial charge in [-0.2, -0.15) is 13.2 Å². The van der Waals surface area contributed by atoms with E-state index in [1.54, 1.807) is 0 Å². The van der Waals surface area contributed by atoms with E-state index >= 15 is 0 Å². The number of nitrogens with one attached hydrogen (secondary N) is 1. The van der Waals surface area contributed by atoms with Crippen LogP contribution in [0.3, 0.4) is 0 Å². The zero-order valence-corrected chi connectivity index (χ0v) is 13.6. The topological polar surface area (TPSA) is 76.0 Å². The normalized spacial score (nSPS) is 12.7. The second kappa shape index (κ2) is 5.48. The maximum absolute atomic E-state index is 13.5. The first-order chi connectivity index (χ1) is 11.5. The monoisotopic (exact) mass is 372 g/mol. The molecule has 0 aliphatic rings. The molecular formula is C16H12F4N2O2S. The molecule has 4 nitrogen and oxygen atoms in total. The molecule has 0 spiro atoms. The third kappa shape index (κ3) is 2.84. The summed E-state index contributed by atoms with van der Waals surface area (Å²) in [6, 6.07) is 5.91. The molecule has 0 saturated heterocycles. The van der Waals surface area contributed by atoms with Crippen LogP contribution in [0.2, 0.25) is 0 Å². The molecule has 3 rings (SSSR count). The third-order valence-corrected chi connectivity index (χ3v) is 5.74. The summed E-state index contributed by atoms with van der Waals surface area (Å²) in [5.74, 6) is -0.656. The van der Waals surface area contributed by atoms with Gasteiger partial charge < -0.3 is 10.7 Å². The summed E-state index contributed by atoms with van der Waals surface area (Å²) in [6.45, 7) is 1.45. The summed E-state index contributed by atoms with van der Waals surface area (Å²) < 4.78 is 78.3. The number of nitrogen functional groups attached to an aromatic ring is 1. The van der Waals surface area contributed by atoms with Gasteiger partial charge in [0.05, 0.1) is 10.5 Å². The number of fused-ring (bicyclic) bond motifs is 1. The molecule has 2 aromatic carbocycles. The van der Waals surface area contributed by atoms with Gasteiger partial charge in [0.1, 0.15) is 10.7 Å². The molecular weight excluding hydrogens is 360 g/mol. The van der Waals surface area contributed by atoms with E-state index < -0.39 is 38.0 Å². The van der Waals surface area contributed by atoms with Gasteiger partial charge in [-0.25, -0.2) is 12.8 Å². The van der Waals surface area contributed by atoms with Gasteiger partial charge in [-0.05, 0) is 43.3 Å². The smallest absolute Gasteiger partial charge is 0.398 e. The van der Waals surface area contributed by atoms with Crippen molar-refractivity contribution in [2.45, 2.75) is 22.9 Å². The van der Waals surface area contributed by atoms with E-state index in [9.17, 15) is 26.0 Å². The van der Waals surface area contributed by atoms with Crippen molar-refractivity contribution in [2.75, 3.05) is 5.73 Å². The second-order valence-electron chi connectivity index (χ2n) is 5.52. The Hall–Kier alpha value is -2.55. The summed E-state index contributed by atoms with van der Waals surface area (Å²) in [4.78, 5) is 1.96. The number of aryl methyl sites for hydroxylation is 1. The zero-order valence-electron chi connectivity index (χ0n) is 12.8. The predicted octanol–water partition coefficient (Wildman–Crippen LogP) is 4.05. The molecule has 0 bridgehead atoms. The molecule has 0 amide bonds. The molecule has 0 saturated carbocycles.